The lowest BCUT2D eigenvalue weighted by Gasteiger charge is -2.14. The van der Waals surface area contributed by atoms with Gasteiger partial charge in [-0.15, -0.1) is 0 Å². The maximum Gasteiger partial charge on any atom is 0.268 e. The molecule has 4 rings (SSSR count). The Morgan fingerprint density at radius 1 is 1.07 bits per heavy atom. The van der Waals surface area contributed by atoms with Gasteiger partial charge in [-0.1, -0.05) is 19.1 Å². The Morgan fingerprint density at radius 2 is 1.82 bits per heavy atom. The molecule has 0 aliphatic carbocycles. The fourth-order valence-electron chi connectivity index (χ4n) is 3.45. The van der Waals surface area contributed by atoms with Crippen molar-refractivity contribution in [1.82, 2.24) is 14.8 Å². The number of nitrogens with two attached hydrogens (primary N) is 2. The maximum absolute atomic E-state index is 13.1. The number of carbonyl (C=O) groups excluding carboxylic acids is 2. The number of aryl methyl sites for hydroxylation is 1. The summed E-state index contributed by atoms with van der Waals surface area (Å²) in [5, 5.41) is 8.56. The van der Waals surface area contributed by atoms with Crippen LogP contribution in [0.4, 0.5) is 0 Å². The number of pyridine rings is 1. The van der Waals surface area contributed by atoms with Crippen molar-refractivity contribution in [3.05, 3.63) is 69.6 Å². The van der Waals surface area contributed by atoms with Crippen LogP contribution in [-0.4, -0.2) is 26.6 Å². The van der Waals surface area contributed by atoms with Gasteiger partial charge < -0.3 is 11.5 Å². The molecule has 0 atom stereocenters. The summed E-state index contributed by atoms with van der Waals surface area (Å²) in [5.74, 6) is -1.52. The minimum absolute atomic E-state index is 0.169. The Balaban J connectivity index is 2.18. The molecule has 0 aliphatic rings. The summed E-state index contributed by atoms with van der Waals surface area (Å²) in [6.07, 6.45) is 0.726. The summed E-state index contributed by atoms with van der Waals surface area (Å²) in [5.41, 5.74) is 12.8. The van der Waals surface area contributed by atoms with Crippen LogP contribution in [-0.2, 0) is 6.42 Å². The summed E-state index contributed by atoms with van der Waals surface area (Å²) in [7, 11) is 0. The molecule has 0 radical (unpaired) electrons. The third kappa shape index (κ3) is 2.54. The SMILES string of the molecule is CCc1[nH]nc2ccc(-n3c(=O)c(C(N)=O)cc4cccc(C(N)=O)c43)cc12. The van der Waals surface area contributed by atoms with Crippen LogP contribution in [0.1, 0.15) is 33.3 Å². The molecule has 28 heavy (non-hydrogen) atoms. The zero-order valence-electron chi connectivity index (χ0n) is 15.0. The molecule has 140 valence electrons. The number of carbonyl (C=O) groups is 2. The Morgan fingerprint density at radius 3 is 2.50 bits per heavy atom. The molecular formula is C20H17N5O3. The lowest BCUT2D eigenvalue weighted by molar-refractivity contribution is 0.0992. The molecule has 2 amide bonds. The van der Waals surface area contributed by atoms with E-state index in [0.717, 1.165) is 23.0 Å². The molecule has 0 fully saturated rings. The van der Waals surface area contributed by atoms with Gasteiger partial charge in [0.15, 0.2) is 0 Å². The molecule has 2 aromatic heterocycles. The molecule has 0 bridgehead atoms. The van der Waals surface area contributed by atoms with E-state index in [0.29, 0.717) is 16.6 Å². The molecule has 0 saturated carbocycles. The first kappa shape index (κ1) is 17.5. The van der Waals surface area contributed by atoms with Crippen LogP contribution in [0.15, 0.2) is 47.3 Å². The number of nitrogens with zero attached hydrogens (tertiary/aromatic N) is 2. The highest BCUT2D eigenvalue weighted by atomic mass is 16.2. The van der Waals surface area contributed by atoms with Gasteiger partial charge in [0.1, 0.15) is 5.56 Å². The predicted octanol–water partition coefficient (Wildman–Crippen LogP) is 1.63. The molecule has 0 aliphatic heterocycles. The second-order valence-electron chi connectivity index (χ2n) is 6.43. The molecular weight excluding hydrogens is 358 g/mol. The predicted molar refractivity (Wildman–Crippen MR) is 106 cm³/mol. The number of amides is 2. The van der Waals surface area contributed by atoms with Gasteiger partial charge in [0.2, 0.25) is 0 Å². The van der Waals surface area contributed by atoms with Gasteiger partial charge in [0, 0.05) is 16.5 Å². The van der Waals surface area contributed by atoms with E-state index in [-0.39, 0.29) is 11.1 Å². The van der Waals surface area contributed by atoms with Crippen molar-refractivity contribution in [1.29, 1.82) is 0 Å². The highest BCUT2D eigenvalue weighted by Crippen LogP contribution is 2.25. The zero-order valence-corrected chi connectivity index (χ0v) is 15.0. The number of fused-ring (bicyclic) bond motifs is 2. The Bertz CT molecular complexity index is 1330. The van der Waals surface area contributed by atoms with Crippen LogP contribution in [0.2, 0.25) is 0 Å². The minimum Gasteiger partial charge on any atom is -0.366 e. The molecule has 2 aromatic carbocycles. The summed E-state index contributed by atoms with van der Waals surface area (Å²) in [6.45, 7) is 1.99. The van der Waals surface area contributed by atoms with Gasteiger partial charge >= 0.3 is 0 Å². The van der Waals surface area contributed by atoms with Crippen LogP contribution < -0.4 is 17.0 Å². The number of aromatic nitrogens is 3. The van der Waals surface area contributed by atoms with Crippen LogP contribution in [0.3, 0.4) is 0 Å². The van der Waals surface area contributed by atoms with Gasteiger partial charge in [0.05, 0.1) is 22.3 Å². The minimum atomic E-state index is -0.844. The Kier molecular flexibility index (Phi) is 3.96. The topological polar surface area (TPSA) is 137 Å². The van der Waals surface area contributed by atoms with E-state index < -0.39 is 17.4 Å². The number of aromatic amines is 1. The average molecular weight is 375 g/mol. The normalized spacial score (nSPS) is 11.2. The van der Waals surface area contributed by atoms with Crippen molar-refractivity contribution in [2.75, 3.05) is 0 Å². The van der Waals surface area contributed by atoms with Crippen LogP contribution in [0.25, 0.3) is 27.5 Å². The molecule has 0 unspecified atom stereocenters. The van der Waals surface area contributed by atoms with Crippen molar-refractivity contribution >= 4 is 33.6 Å². The van der Waals surface area contributed by atoms with E-state index in [2.05, 4.69) is 10.2 Å². The molecule has 8 nitrogen and oxygen atoms in total. The number of H-pyrrole nitrogens is 1. The fourth-order valence-corrected chi connectivity index (χ4v) is 3.45. The third-order valence-electron chi connectivity index (χ3n) is 4.78. The Hall–Kier alpha value is -3.94. The second kappa shape index (κ2) is 6.34. The average Bonchev–Trinajstić information content (AvgIpc) is 3.09. The van der Waals surface area contributed by atoms with Crippen molar-refractivity contribution in [3.8, 4) is 5.69 Å². The molecule has 5 N–H and O–H groups in total. The monoisotopic (exact) mass is 375 g/mol. The van der Waals surface area contributed by atoms with Crippen LogP contribution in [0.5, 0.6) is 0 Å². The van der Waals surface area contributed by atoms with Crippen molar-refractivity contribution < 1.29 is 9.59 Å². The number of para-hydroxylation sites is 1. The quantitative estimate of drug-likeness (QED) is 0.499. The number of primary amides is 2. The van der Waals surface area contributed by atoms with E-state index in [1.807, 2.05) is 6.92 Å². The number of benzene rings is 2. The van der Waals surface area contributed by atoms with E-state index in [9.17, 15) is 14.4 Å². The highest BCUT2D eigenvalue weighted by Gasteiger charge is 2.19. The van der Waals surface area contributed by atoms with E-state index in [1.54, 1.807) is 36.4 Å². The Labute approximate surface area is 158 Å². The van der Waals surface area contributed by atoms with Crippen molar-refractivity contribution in [2.45, 2.75) is 13.3 Å². The lowest BCUT2D eigenvalue weighted by Crippen LogP contribution is -2.30. The highest BCUT2D eigenvalue weighted by molar-refractivity contribution is 6.07. The number of hydrogen-bond donors (Lipinski definition) is 3. The standard InChI is InChI=1S/C20H17N5O3/c1-2-15-13-9-11(6-7-16(13)24-23-15)25-17-10(4-3-5-12(17)18(21)26)8-14(19(22)27)20(25)28/h3-9H,2H2,1H3,(H2,21,26)(H2,22,27)(H,23,24). The first-order chi connectivity index (χ1) is 13.4. The molecule has 2 heterocycles. The number of nitrogens with one attached hydrogen (secondary N) is 1. The molecule has 8 heteroatoms. The zero-order chi connectivity index (χ0) is 20.0. The first-order valence-electron chi connectivity index (χ1n) is 8.68. The van der Waals surface area contributed by atoms with E-state index in [4.69, 9.17) is 11.5 Å². The summed E-state index contributed by atoms with van der Waals surface area (Å²) in [6, 6.07) is 11.5. The number of rotatable bonds is 4. The third-order valence-corrected chi connectivity index (χ3v) is 4.78. The van der Waals surface area contributed by atoms with E-state index >= 15 is 0 Å². The summed E-state index contributed by atoms with van der Waals surface area (Å²) in [4.78, 5) is 37.0. The molecule has 4 aromatic rings. The van der Waals surface area contributed by atoms with Gasteiger partial charge in [0.25, 0.3) is 17.4 Å². The van der Waals surface area contributed by atoms with Gasteiger partial charge in [-0.3, -0.25) is 24.0 Å². The number of hydrogen-bond acceptors (Lipinski definition) is 4. The fraction of sp³-hybridized carbons (Fsp3) is 0.100. The van der Waals surface area contributed by atoms with Gasteiger partial charge in [-0.25, -0.2) is 0 Å². The van der Waals surface area contributed by atoms with Crippen LogP contribution >= 0.6 is 0 Å². The summed E-state index contributed by atoms with van der Waals surface area (Å²) < 4.78 is 1.31. The van der Waals surface area contributed by atoms with E-state index in [1.165, 1.54) is 10.6 Å². The van der Waals surface area contributed by atoms with Crippen molar-refractivity contribution in [3.63, 3.8) is 0 Å². The summed E-state index contributed by atoms with van der Waals surface area (Å²) >= 11 is 0. The van der Waals surface area contributed by atoms with Crippen LogP contribution in [0, 0.1) is 0 Å². The molecule has 0 spiro atoms. The second-order valence-corrected chi connectivity index (χ2v) is 6.43. The first-order valence-corrected chi connectivity index (χ1v) is 8.68. The van der Waals surface area contributed by atoms with Gasteiger partial charge in [-0.05, 0) is 36.8 Å². The lowest BCUT2D eigenvalue weighted by atomic mass is 10.1. The maximum atomic E-state index is 13.1. The van der Waals surface area contributed by atoms with Gasteiger partial charge in [-0.2, -0.15) is 5.10 Å². The molecule has 0 saturated heterocycles. The largest absolute Gasteiger partial charge is 0.366 e. The van der Waals surface area contributed by atoms with Crippen molar-refractivity contribution in [2.24, 2.45) is 11.5 Å². The smallest absolute Gasteiger partial charge is 0.268 e.